The maximum absolute atomic E-state index is 10.6. The minimum atomic E-state index is -1.00. The van der Waals surface area contributed by atoms with E-state index in [-0.39, 0.29) is 17.7 Å². The molecule has 1 aromatic rings. The molecule has 0 radical (unpaired) electrons. The fourth-order valence-electron chi connectivity index (χ4n) is 1.26. The third kappa shape index (κ3) is 2.07. The number of aromatic carboxylic acids is 1. The van der Waals surface area contributed by atoms with E-state index in [1.54, 1.807) is 12.1 Å². The van der Waals surface area contributed by atoms with Gasteiger partial charge in [0.1, 0.15) is 5.75 Å². The Labute approximate surface area is 85.7 Å². The van der Waals surface area contributed by atoms with Crippen LogP contribution in [-0.4, -0.2) is 23.2 Å². The third-order valence-corrected chi connectivity index (χ3v) is 2.05. The fraction of sp³-hybridized carbons (Fsp3) is 0.200. The van der Waals surface area contributed by atoms with E-state index < -0.39 is 5.97 Å². The quantitative estimate of drug-likeness (QED) is 0.712. The Morgan fingerprint density at radius 2 is 2.27 bits per heavy atom. The van der Waals surface area contributed by atoms with Gasteiger partial charge in [-0.3, -0.25) is 4.79 Å². The molecule has 1 amide bonds. The van der Waals surface area contributed by atoms with Crippen LogP contribution in [0.5, 0.6) is 5.75 Å². The monoisotopic (exact) mass is 207 g/mol. The lowest BCUT2D eigenvalue weighted by Crippen LogP contribution is -2.51. The Morgan fingerprint density at radius 1 is 1.53 bits per heavy atom. The van der Waals surface area contributed by atoms with Crippen molar-refractivity contribution in [2.24, 2.45) is 0 Å². The second-order valence-corrected chi connectivity index (χ2v) is 3.21. The first-order valence-corrected chi connectivity index (χ1v) is 4.44. The highest BCUT2D eigenvalue weighted by molar-refractivity contribution is 5.88. The maximum Gasteiger partial charge on any atom is 0.335 e. The van der Waals surface area contributed by atoms with Crippen molar-refractivity contribution in [3.63, 3.8) is 0 Å². The van der Waals surface area contributed by atoms with E-state index >= 15 is 0 Å². The number of carboxylic acids is 1. The Balaban J connectivity index is 2.05. The molecule has 2 N–H and O–H groups in total. The summed E-state index contributed by atoms with van der Waals surface area (Å²) in [7, 11) is 0. The molecule has 5 heteroatoms. The molecule has 15 heavy (non-hydrogen) atoms. The van der Waals surface area contributed by atoms with Crippen molar-refractivity contribution < 1.29 is 19.4 Å². The number of ether oxygens (including phenoxy) is 1. The van der Waals surface area contributed by atoms with E-state index in [1.165, 1.54) is 12.1 Å². The van der Waals surface area contributed by atoms with Crippen molar-refractivity contribution in [3.8, 4) is 5.75 Å². The summed E-state index contributed by atoms with van der Waals surface area (Å²) >= 11 is 0. The molecule has 1 heterocycles. The highest BCUT2D eigenvalue weighted by atomic mass is 16.5. The van der Waals surface area contributed by atoms with E-state index in [2.05, 4.69) is 5.32 Å². The minimum absolute atomic E-state index is 0.0608. The van der Waals surface area contributed by atoms with Crippen LogP contribution in [0.2, 0.25) is 0 Å². The number of carbonyl (C=O) groups excluding carboxylic acids is 1. The SMILES string of the molecule is O=C1CC(Oc2cccc(C(=O)O)c2)N1. The van der Waals surface area contributed by atoms with Crippen molar-refractivity contribution in [3.05, 3.63) is 29.8 Å². The summed E-state index contributed by atoms with van der Waals surface area (Å²) in [4.78, 5) is 21.2. The van der Waals surface area contributed by atoms with Gasteiger partial charge in [-0.05, 0) is 18.2 Å². The molecule has 1 aliphatic heterocycles. The Hall–Kier alpha value is -2.04. The number of carboxylic acid groups (broad SMARTS) is 1. The average molecular weight is 207 g/mol. The standard InChI is InChI=1S/C10H9NO4/c12-8-5-9(11-8)15-7-3-1-2-6(4-7)10(13)14/h1-4,9H,5H2,(H,11,12)(H,13,14). The van der Waals surface area contributed by atoms with E-state index in [1.807, 2.05) is 0 Å². The molecule has 1 aliphatic rings. The Morgan fingerprint density at radius 3 is 2.87 bits per heavy atom. The lowest BCUT2D eigenvalue weighted by molar-refractivity contribution is -0.134. The number of β-lactam (4-membered cyclic amide) rings is 1. The summed E-state index contributed by atoms with van der Waals surface area (Å²) in [6.07, 6.45) is -0.0151. The van der Waals surface area contributed by atoms with E-state index in [0.29, 0.717) is 12.2 Å². The van der Waals surface area contributed by atoms with Crippen molar-refractivity contribution in [2.45, 2.75) is 12.6 Å². The van der Waals surface area contributed by atoms with Gasteiger partial charge in [0.15, 0.2) is 6.23 Å². The fourth-order valence-corrected chi connectivity index (χ4v) is 1.26. The van der Waals surface area contributed by atoms with Crippen LogP contribution in [0.25, 0.3) is 0 Å². The predicted octanol–water partition coefficient (Wildman–Crippen LogP) is 0.610. The van der Waals surface area contributed by atoms with E-state index in [0.717, 1.165) is 0 Å². The first-order valence-electron chi connectivity index (χ1n) is 4.44. The Bertz CT molecular complexity index is 408. The van der Waals surface area contributed by atoms with Gasteiger partial charge in [0.25, 0.3) is 0 Å². The summed E-state index contributed by atoms with van der Waals surface area (Å²) < 4.78 is 5.32. The van der Waals surface area contributed by atoms with Crippen LogP contribution >= 0.6 is 0 Å². The minimum Gasteiger partial charge on any atom is -0.478 e. The van der Waals surface area contributed by atoms with Crippen molar-refractivity contribution in [1.82, 2.24) is 5.32 Å². The van der Waals surface area contributed by atoms with Crippen LogP contribution in [0.3, 0.4) is 0 Å². The molecule has 0 aliphatic carbocycles. The molecule has 0 spiro atoms. The lowest BCUT2D eigenvalue weighted by atomic mass is 10.2. The number of hydrogen-bond donors (Lipinski definition) is 2. The second-order valence-electron chi connectivity index (χ2n) is 3.21. The zero-order valence-corrected chi connectivity index (χ0v) is 7.77. The first kappa shape index (κ1) is 9.51. The number of carbonyl (C=O) groups is 2. The number of nitrogens with one attached hydrogen (secondary N) is 1. The normalized spacial score (nSPS) is 18.9. The van der Waals surface area contributed by atoms with Crippen LogP contribution in [0.1, 0.15) is 16.8 Å². The summed E-state index contributed by atoms with van der Waals surface area (Å²) in [5.41, 5.74) is 0.165. The molecular formula is C10H9NO4. The van der Waals surface area contributed by atoms with Crippen molar-refractivity contribution in [2.75, 3.05) is 0 Å². The highest BCUT2D eigenvalue weighted by Gasteiger charge is 2.26. The number of rotatable bonds is 3. The number of amides is 1. The molecule has 5 nitrogen and oxygen atoms in total. The average Bonchev–Trinajstić information content (AvgIpc) is 2.16. The van der Waals surface area contributed by atoms with Gasteiger partial charge in [0.05, 0.1) is 12.0 Å². The molecule has 2 rings (SSSR count). The molecule has 1 atom stereocenters. The van der Waals surface area contributed by atoms with E-state index in [9.17, 15) is 9.59 Å². The summed E-state index contributed by atoms with van der Waals surface area (Å²) in [5, 5.41) is 11.3. The van der Waals surface area contributed by atoms with Crippen LogP contribution < -0.4 is 10.1 Å². The van der Waals surface area contributed by atoms with E-state index in [4.69, 9.17) is 9.84 Å². The highest BCUT2D eigenvalue weighted by Crippen LogP contribution is 2.17. The van der Waals surface area contributed by atoms with Crippen molar-refractivity contribution in [1.29, 1.82) is 0 Å². The molecule has 78 valence electrons. The molecule has 0 aromatic heterocycles. The largest absolute Gasteiger partial charge is 0.478 e. The third-order valence-electron chi connectivity index (χ3n) is 2.05. The summed E-state index contributed by atoms with van der Waals surface area (Å²) in [6.45, 7) is 0. The van der Waals surface area contributed by atoms with Crippen molar-refractivity contribution >= 4 is 11.9 Å². The molecule has 1 aromatic carbocycles. The number of benzene rings is 1. The van der Waals surface area contributed by atoms with Gasteiger partial charge in [-0.15, -0.1) is 0 Å². The molecule has 0 bridgehead atoms. The van der Waals surface area contributed by atoms with Gasteiger partial charge in [0, 0.05) is 0 Å². The van der Waals surface area contributed by atoms with Crippen LogP contribution in [0.4, 0.5) is 0 Å². The van der Waals surface area contributed by atoms with Gasteiger partial charge in [-0.2, -0.15) is 0 Å². The molecule has 1 unspecified atom stereocenters. The van der Waals surface area contributed by atoms with Crippen LogP contribution in [0, 0.1) is 0 Å². The smallest absolute Gasteiger partial charge is 0.335 e. The first-order chi connectivity index (χ1) is 7.15. The van der Waals surface area contributed by atoms with Gasteiger partial charge < -0.3 is 15.2 Å². The topological polar surface area (TPSA) is 75.6 Å². The Kier molecular flexibility index (Phi) is 2.29. The second kappa shape index (κ2) is 3.61. The predicted molar refractivity (Wildman–Crippen MR) is 50.6 cm³/mol. The zero-order valence-electron chi connectivity index (χ0n) is 7.77. The molecule has 0 saturated carbocycles. The molecule has 1 fully saturated rings. The maximum atomic E-state index is 10.6. The number of hydrogen-bond acceptors (Lipinski definition) is 3. The van der Waals surface area contributed by atoms with Crippen LogP contribution in [0.15, 0.2) is 24.3 Å². The molecular weight excluding hydrogens is 198 g/mol. The van der Waals surface area contributed by atoms with Crippen LogP contribution in [-0.2, 0) is 4.79 Å². The summed E-state index contributed by atoms with van der Waals surface area (Å²) in [6, 6.07) is 6.15. The summed E-state index contributed by atoms with van der Waals surface area (Å²) in [5.74, 6) is -0.618. The van der Waals surface area contributed by atoms with Gasteiger partial charge in [-0.1, -0.05) is 6.07 Å². The molecule has 1 saturated heterocycles. The van der Waals surface area contributed by atoms with Gasteiger partial charge in [-0.25, -0.2) is 4.79 Å². The lowest BCUT2D eigenvalue weighted by Gasteiger charge is -2.27. The van der Waals surface area contributed by atoms with Gasteiger partial charge >= 0.3 is 5.97 Å². The zero-order chi connectivity index (χ0) is 10.8. The van der Waals surface area contributed by atoms with Gasteiger partial charge in [0.2, 0.25) is 5.91 Å².